The molecule has 0 radical (unpaired) electrons. The van der Waals surface area contributed by atoms with Crippen LogP contribution in [0.4, 0.5) is 0 Å². The fourth-order valence-electron chi connectivity index (χ4n) is 1.45. The van der Waals surface area contributed by atoms with Gasteiger partial charge in [0.05, 0.1) is 6.07 Å². The Labute approximate surface area is 84.1 Å². The van der Waals surface area contributed by atoms with Crippen LogP contribution in [-0.4, -0.2) is 5.11 Å². The van der Waals surface area contributed by atoms with Crippen LogP contribution in [0.1, 0.15) is 25.8 Å². The first kappa shape index (κ1) is 10.3. The van der Waals surface area contributed by atoms with E-state index in [-0.39, 0.29) is 5.75 Å². The Morgan fingerprint density at radius 1 is 1.50 bits per heavy atom. The lowest BCUT2D eigenvalue weighted by Crippen LogP contribution is -1.86. The minimum Gasteiger partial charge on any atom is -0.508 e. The van der Waals surface area contributed by atoms with Crippen molar-refractivity contribution in [2.24, 2.45) is 0 Å². The average Bonchev–Trinajstić information content (AvgIpc) is 2.19. The largest absolute Gasteiger partial charge is 0.508 e. The highest BCUT2D eigenvalue weighted by molar-refractivity contribution is 5.71. The molecule has 2 heteroatoms. The molecule has 1 N–H and O–H groups in total. The number of nitrogens with zero attached hydrogens (tertiary/aromatic N) is 1. The van der Waals surface area contributed by atoms with E-state index in [4.69, 9.17) is 5.26 Å². The fourth-order valence-corrected chi connectivity index (χ4v) is 1.45. The van der Waals surface area contributed by atoms with E-state index in [1.165, 1.54) is 0 Å². The molecule has 14 heavy (non-hydrogen) atoms. The number of phenols is 1. The Morgan fingerprint density at radius 2 is 2.21 bits per heavy atom. The van der Waals surface area contributed by atoms with E-state index >= 15 is 0 Å². The number of hydrogen-bond donors (Lipinski definition) is 1. The molecule has 0 aromatic heterocycles. The molecule has 0 unspecified atom stereocenters. The summed E-state index contributed by atoms with van der Waals surface area (Å²) in [6.07, 6.45) is 0.794. The van der Waals surface area contributed by atoms with Gasteiger partial charge in [0.15, 0.2) is 0 Å². The zero-order chi connectivity index (χ0) is 10.6. The van der Waals surface area contributed by atoms with Crippen LogP contribution in [0.3, 0.4) is 0 Å². The Hall–Kier alpha value is -1.75. The minimum atomic E-state index is 0.235. The van der Waals surface area contributed by atoms with E-state index in [0.717, 1.165) is 17.6 Å². The van der Waals surface area contributed by atoms with Crippen LogP contribution in [0, 0.1) is 11.3 Å². The zero-order valence-electron chi connectivity index (χ0n) is 8.41. The molecule has 2 nitrogen and oxygen atoms in total. The third-order valence-electron chi connectivity index (χ3n) is 2.17. The summed E-state index contributed by atoms with van der Waals surface area (Å²) in [5.41, 5.74) is 2.62. The highest BCUT2D eigenvalue weighted by atomic mass is 16.3. The van der Waals surface area contributed by atoms with Gasteiger partial charge in [-0.1, -0.05) is 19.1 Å². The summed E-state index contributed by atoms with van der Waals surface area (Å²) in [7, 11) is 0. The summed E-state index contributed by atoms with van der Waals surface area (Å²) in [6.45, 7) is 3.79. The van der Waals surface area contributed by atoms with Crippen molar-refractivity contribution in [1.29, 1.82) is 5.26 Å². The van der Waals surface area contributed by atoms with Gasteiger partial charge < -0.3 is 5.11 Å². The fraction of sp³-hybridized carbons (Fsp3) is 0.250. The van der Waals surface area contributed by atoms with Crippen LogP contribution in [-0.2, 0) is 0 Å². The number of aromatic hydroxyl groups is 1. The molecular weight excluding hydrogens is 174 g/mol. The van der Waals surface area contributed by atoms with Crippen LogP contribution in [0.15, 0.2) is 29.8 Å². The number of phenolic OH excluding ortho intramolecular Hbond substituents is 1. The third kappa shape index (κ3) is 2.14. The molecule has 0 spiro atoms. The lowest BCUT2D eigenvalue weighted by molar-refractivity contribution is 0.475. The molecule has 0 amide bonds. The molecular formula is C12H13NO. The number of nitriles is 1. The molecule has 1 aromatic carbocycles. The van der Waals surface area contributed by atoms with E-state index in [1.807, 2.05) is 13.0 Å². The first-order valence-electron chi connectivity index (χ1n) is 4.58. The van der Waals surface area contributed by atoms with Crippen LogP contribution < -0.4 is 0 Å². The maximum absolute atomic E-state index is 9.31. The summed E-state index contributed by atoms with van der Waals surface area (Å²) in [5, 5.41) is 18.1. The van der Waals surface area contributed by atoms with Gasteiger partial charge in [-0.25, -0.2) is 0 Å². The van der Waals surface area contributed by atoms with E-state index < -0.39 is 0 Å². The molecule has 0 aliphatic heterocycles. The molecule has 0 fully saturated rings. The summed E-state index contributed by atoms with van der Waals surface area (Å²) in [5.74, 6) is 0.235. The van der Waals surface area contributed by atoms with Crippen LogP contribution in [0.5, 0.6) is 5.75 Å². The maximum atomic E-state index is 9.31. The molecule has 1 aromatic rings. The summed E-state index contributed by atoms with van der Waals surface area (Å²) in [4.78, 5) is 0. The van der Waals surface area contributed by atoms with Gasteiger partial charge in [0.25, 0.3) is 0 Å². The van der Waals surface area contributed by atoms with Gasteiger partial charge in [-0.3, -0.25) is 0 Å². The van der Waals surface area contributed by atoms with Gasteiger partial charge in [-0.2, -0.15) is 5.26 Å². The van der Waals surface area contributed by atoms with Crippen molar-refractivity contribution in [3.8, 4) is 11.8 Å². The van der Waals surface area contributed by atoms with Crippen molar-refractivity contribution in [2.45, 2.75) is 20.3 Å². The molecule has 0 heterocycles. The van der Waals surface area contributed by atoms with Crippen LogP contribution in [0.2, 0.25) is 0 Å². The van der Waals surface area contributed by atoms with Crippen molar-refractivity contribution < 1.29 is 5.11 Å². The van der Waals surface area contributed by atoms with Gasteiger partial charge >= 0.3 is 0 Å². The Balaban J connectivity index is 3.22. The number of rotatable bonds is 2. The van der Waals surface area contributed by atoms with E-state index in [1.54, 1.807) is 25.1 Å². The van der Waals surface area contributed by atoms with Crippen LogP contribution >= 0.6 is 0 Å². The summed E-state index contributed by atoms with van der Waals surface area (Å²) < 4.78 is 0. The number of benzene rings is 1. The SMILES string of the molecule is CC/C(=C(/C)C#N)c1cccc(O)c1. The zero-order valence-corrected chi connectivity index (χ0v) is 8.41. The number of hydrogen-bond acceptors (Lipinski definition) is 2. The molecule has 0 aliphatic rings. The summed E-state index contributed by atoms with van der Waals surface area (Å²) >= 11 is 0. The molecule has 0 saturated carbocycles. The first-order chi connectivity index (χ1) is 6.69. The second kappa shape index (κ2) is 4.48. The molecule has 0 bridgehead atoms. The topological polar surface area (TPSA) is 44.0 Å². The maximum Gasteiger partial charge on any atom is 0.116 e. The Kier molecular flexibility index (Phi) is 3.30. The Morgan fingerprint density at radius 3 is 2.71 bits per heavy atom. The van der Waals surface area contributed by atoms with Crippen LogP contribution in [0.25, 0.3) is 5.57 Å². The first-order valence-corrected chi connectivity index (χ1v) is 4.58. The van der Waals surface area contributed by atoms with Gasteiger partial charge in [0.2, 0.25) is 0 Å². The highest BCUT2D eigenvalue weighted by Crippen LogP contribution is 2.24. The van der Waals surface area contributed by atoms with E-state index in [2.05, 4.69) is 6.07 Å². The van der Waals surface area contributed by atoms with Crippen molar-refractivity contribution in [2.75, 3.05) is 0 Å². The van der Waals surface area contributed by atoms with Crippen molar-refractivity contribution in [1.82, 2.24) is 0 Å². The van der Waals surface area contributed by atoms with Crippen molar-refractivity contribution >= 4 is 5.57 Å². The van der Waals surface area contributed by atoms with Gasteiger partial charge in [-0.15, -0.1) is 0 Å². The Bertz CT molecular complexity index is 399. The molecule has 72 valence electrons. The lowest BCUT2D eigenvalue weighted by atomic mass is 9.99. The van der Waals surface area contributed by atoms with Gasteiger partial charge in [0.1, 0.15) is 5.75 Å². The van der Waals surface area contributed by atoms with Gasteiger partial charge in [-0.05, 0) is 36.6 Å². The molecule has 1 rings (SSSR count). The minimum absolute atomic E-state index is 0.235. The second-order valence-electron chi connectivity index (χ2n) is 3.12. The predicted octanol–water partition coefficient (Wildman–Crippen LogP) is 3.10. The van der Waals surface area contributed by atoms with Crippen molar-refractivity contribution in [3.63, 3.8) is 0 Å². The van der Waals surface area contributed by atoms with E-state index in [9.17, 15) is 5.11 Å². The second-order valence-corrected chi connectivity index (χ2v) is 3.12. The molecule has 0 atom stereocenters. The standard InChI is InChI=1S/C12H13NO/c1-3-12(9(2)8-13)10-5-4-6-11(14)7-10/h4-7,14H,3H2,1-2H3/b12-9+. The highest BCUT2D eigenvalue weighted by Gasteiger charge is 2.03. The third-order valence-corrected chi connectivity index (χ3v) is 2.17. The summed E-state index contributed by atoms with van der Waals surface area (Å²) in [6, 6.07) is 9.12. The predicted molar refractivity (Wildman–Crippen MR) is 56.6 cm³/mol. The molecule has 0 saturated heterocycles. The quantitative estimate of drug-likeness (QED) is 0.723. The van der Waals surface area contributed by atoms with Crippen molar-refractivity contribution in [3.05, 3.63) is 35.4 Å². The normalized spacial score (nSPS) is 11.8. The monoisotopic (exact) mass is 187 g/mol. The number of allylic oxidation sites excluding steroid dienone is 2. The van der Waals surface area contributed by atoms with E-state index in [0.29, 0.717) is 5.57 Å². The smallest absolute Gasteiger partial charge is 0.116 e. The average molecular weight is 187 g/mol. The van der Waals surface area contributed by atoms with Gasteiger partial charge in [0, 0.05) is 5.57 Å². The lowest BCUT2D eigenvalue weighted by Gasteiger charge is -2.06. The molecule has 0 aliphatic carbocycles.